The molecular formula is C14H20N2O3Si. The van der Waals surface area contributed by atoms with E-state index in [0.29, 0.717) is 6.61 Å². The summed E-state index contributed by atoms with van der Waals surface area (Å²) in [4.78, 5) is 21.0. The maximum Gasteiger partial charge on any atom is 0.533 e. The molecular weight excluding hydrogens is 272 g/mol. The number of fused-ring (bicyclic) bond motifs is 1. The molecule has 0 saturated heterocycles. The first kappa shape index (κ1) is 14.6. The fourth-order valence-electron chi connectivity index (χ4n) is 1.72. The summed E-state index contributed by atoms with van der Waals surface area (Å²) in [6.45, 7) is 9.07. The maximum atomic E-state index is 11.6. The molecule has 5 nitrogen and oxygen atoms in total. The van der Waals surface area contributed by atoms with E-state index in [2.05, 4.69) is 24.6 Å². The lowest BCUT2D eigenvalue weighted by Gasteiger charge is -2.15. The van der Waals surface area contributed by atoms with E-state index in [1.165, 1.54) is 11.1 Å². The molecule has 0 spiro atoms. The molecule has 20 heavy (non-hydrogen) atoms. The number of nitrogens with zero attached hydrogens (tertiary/aromatic N) is 2. The van der Waals surface area contributed by atoms with Crippen molar-refractivity contribution in [2.75, 3.05) is 6.61 Å². The van der Waals surface area contributed by atoms with Crippen molar-refractivity contribution in [2.24, 2.45) is 0 Å². The minimum absolute atomic E-state index is 0.403. The van der Waals surface area contributed by atoms with Crippen LogP contribution < -0.4 is 4.84 Å². The van der Waals surface area contributed by atoms with Gasteiger partial charge in [0.25, 0.3) is 0 Å². The predicted octanol–water partition coefficient (Wildman–Crippen LogP) is 3.25. The summed E-state index contributed by atoms with van der Waals surface area (Å²) < 4.78 is 6.44. The van der Waals surface area contributed by atoms with E-state index >= 15 is 0 Å². The number of ether oxygens (including phenoxy) is 1. The van der Waals surface area contributed by atoms with Gasteiger partial charge in [-0.3, -0.25) is 4.84 Å². The van der Waals surface area contributed by atoms with Gasteiger partial charge >= 0.3 is 6.16 Å². The van der Waals surface area contributed by atoms with Crippen molar-refractivity contribution < 1.29 is 14.4 Å². The SMILES string of the molecule is Cc1ccc2ncn(OC(=O)OCC[Si](C)(C)C)c2c1. The zero-order valence-corrected chi connectivity index (χ0v) is 13.3. The first-order valence-electron chi connectivity index (χ1n) is 6.64. The van der Waals surface area contributed by atoms with Gasteiger partial charge in [0.1, 0.15) is 11.8 Å². The van der Waals surface area contributed by atoms with Crippen LogP contribution in [0.4, 0.5) is 4.79 Å². The minimum Gasteiger partial charge on any atom is -0.433 e. The summed E-state index contributed by atoms with van der Waals surface area (Å²) >= 11 is 0. The molecule has 0 saturated carbocycles. The number of hydrogen-bond acceptors (Lipinski definition) is 4. The Morgan fingerprint density at radius 1 is 1.35 bits per heavy atom. The highest BCUT2D eigenvalue weighted by Crippen LogP contribution is 2.13. The van der Waals surface area contributed by atoms with Crippen LogP contribution in [-0.2, 0) is 4.74 Å². The summed E-state index contributed by atoms with van der Waals surface area (Å²) in [7, 11) is -1.21. The molecule has 0 radical (unpaired) electrons. The van der Waals surface area contributed by atoms with Crippen LogP contribution in [0.2, 0.25) is 25.7 Å². The second-order valence-corrected chi connectivity index (χ2v) is 11.7. The summed E-state index contributed by atoms with van der Waals surface area (Å²) in [5.74, 6) is 0. The molecule has 1 aromatic heterocycles. The van der Waals surface area contributed by atoms with E-state index in [-0.39, 0.29) is 0 Å². The minimum atomic E-state index is -1.21. The normalized spacial score (nSPS) is 11.6. The zero-order chi connectivity index (χ0) is 14.8. The third-order valence-corrected chi connectivity index (χ3v) is 4.62. The smallest absolute Gasteiger partial charge is 0.433 e. The molecule has 0 amide bonds. The van der Waals surface area contributed by atoms with E-state index < -0.39 is 14.2 Å². The molecule has 0 bridgehead atoms. The standard InChI is InChI=1S/C14H20N2O3Si/c1-11-5-6-12-13(9-11)16(10-15-12)19-14(17)18-7-8-20(2,3)4/h5-6,9-10H,7-8H2,1-4H3. The van der Waals surface area contributed by atoms with Crippen LogP contribution in [-0.4, -0.2) is 30.6 Å². The van der Waals surface area contributed by atoms with Crippen molar-refractivity contribution in [3.05, 3.63) is 30.1 Å². The monoisotopic (exact) mass is 292 g/mol. The molecule has 0 aliphatic rings. The van der Waals surface area contributed by atoms with Crippen molar-refractivity contribution in [1.82, 2.24) is 9.71 Å². The molecule has 6 heteroatoms. The Labute approximate surface area is 119 Å². The highest BCUT2D eigenvalue weighted by molar-refractivity contribution is 6.76. The molecule has 0 N–H and O–H groups in total. The lowest BCUT2D eigenvalue weighted by Crippen LogP contribution is -2.25. The second kappa shape index (κ2) is 5.66. The van der Waals surface area contributed by atoms with Gasteiger partial charge in [0.05, 0.1) is 12.1 Å². The van der Waals surface area contributed by atoms with Crippen molar-refractivity contribution in [3.8, 4) is 0 Å². The first-order valence-corrected chi connectivity index (χ1v) is 10.3. The maximum absolute atomic E-state index is 11.6. The fourth-order valence-corrected chi connectivity index (χ4v) is 2.43. The number of carbonyl (C=O) groups is 1. The van der Waals surface area contributed by atoms with Crippen LogP contribution >= 0.6 is 0 Å². The van der Waals surface area contributed by atoms with E-state index in [1.807, 2.05) is 25.1 Å². The first-order chi connectivity index (χ1) is 9.35. The lowest BCUT2D eigenvalue weighted by molar-refractivity contribution is 0.0545. The summed E-state index contributed by atoms with van der Waals surface area (Å²) in [5.41, 5.74) is 2.62. The molecule has 0 aliphatic carbocycles. The van der Waals surface area contributed by atoms with Gasteiger partial charge in [0.15, 0.2) is 0 Å². The van der Waals surface area contributed by atoms with Crippen molar-refractivity contribution >= 4 is 25.3 Å². The van der Waals surface area contributed by atoms with Crippen molar-refractivity contribution in [3.63, 3.8) is 0 Å². The van der Waals surface area contributed by atoms with Crippen LogP contribution in [0.3, 0.4) is 0 Å². The van der Waals surface area contributed by atoms with E-state index in [1.54, 1.807) is 0 Å². The molecule has 1 aromatic carbocycles. The zero-order valence-electron chi connectivity index (χ0n) is 12.3. The van der Waals surface area contributed by atoms with Crippen LogP contribution in [0.15, 0.2) is 24.5 Å². The Morgan fingerprint density at radius 3 is 2.80 bits per heavy atom. The van der Waals surface area contributed by atoms with E-state index in [4.69, 9.17) is 9.57 Å². The van der Waals surface area contributed by atoms with Gasteiger partial charge in [-0.25, -0.2) is 9.78 Å². The predicted molar refractivity (Wildman–Crippen MR) is 80.6 cm³/mol. The molecule has 0 atom stereocenters. The average molecular weight is 292 g/mol. The Bertz CT molecular complexity index is 616. The number of imidazole rings is 1. The number of hydrogen-bond donors (Lipinski definition) is 0. The Balaban J connectivity index is 1.98. The van der Waals surface area contributed by atoms with Gasteiger partial charge in [0, 0.05) is 8.07 Å². The highest BCUT2D eigenvalue weighted by Gasteiger charge is 2.15. The van der Waals surface area contributed by atoms with Crippen LogP contribution in [0, 0.1) is 6.92 Å². The Kier molecular flexibility index (Phi) is 4.13. The Morgan fingerprint density at radius 2 is 2.10 bits per heavy atom. The summed E-state index contributed by atoms with van der Waals surface area (Å²) in [5, 5.41) is 0. The topological polar surface area (TPSA) is 53.4 Å². The molecule has 2 aromatic rings. The molecule has 2 rings (SSSR count). The van der Waals surface area contributed by atoms with Gasteiger partial charge in [0.2, 0.25) is 0 Å². The van der Waals surface area contributed by atoms with Crippen molar-refractivity contribution in [1.29, 1.82) is 0 Å². The van der Waals surface area contributed by atoms with Gasteiger partial charge in [-0.05, 0) is 30.7 Å². The number of benzene rings is 1. The van der Waals surface area contributed by atoms with Crippen molar-refractivity contribution in [2.45, 2.75) is 32.6 Å². The number of aromatic nitrogens is 2. The van der Waals surface area contributed by atoms with Crippen LogP contribution in [0.25, 0.3) is 11.0 Å². The molecule has 0 unspecified atom stereocenters. The van der Waals surface area contributed by atoms with E-state index in [9.17, 15) is 4.79 Å². The third-order valence-electron chi connectivity index (χ3n) is 2.91. The highest BCUT2D eigenvalue weighted by atomic mass is 28.3. The number of aryl methyl sites for hydroxylation is 1. The molecule has 108 valence electrons. The van der Waals surface area contributed by atoms with Crippen LogP contribution in [0.1, 0.15) is 5.56 Å². The van der Waals surface area contributed by atoms with Gasteiger partial charge in [-0.2, -0.15) is 4.73 Å². The molecule has 0 fully saturated rings. The quantitative estimate of drug-likeness (QED) is 0.641. The number of rotatable bonds is 4. The number of carbonyl (C=O) groups excluding carboxylic acids is 1. The average Bonchev–Trinajstić information content (AvgIpc) is 2.70. The Hall–Kier alpha value is -1.82. The third kappa shape index (κ3) is 3.83. The largest absolute Gasteiger partial charge is 0.533 e. The molecule has 1 heterocycles. The van der Waals surface area contributed by atoms with E-state index in [0.717, 1.165) is 22.6 Å². The van der Waals surface area contributed by atoms with Gasteiger partial charge in [-0.1, -0.05) is 25.7 Å². The molecule has 0 aliphatic heterocycles. The second-order valence-electron chi connectivity index (χ2n) is 6.06. The fraction of sp³-hybridized carbons (Fsp3) is 0.429. The summed E-state index contributed by atoms with van der Waals surface area (Å²) in [6.07, 6.45) is 0.785. The summed E-state index contributed by atoms with van der Waals surface area (Å²) in [6, 6.07) is 6.69. The van der Waals surface area contributed by atoms with Crippen LogP contribution in [0.5, 0.6) is 0 Å². The lowest BCUT2D eigenvalue weighted by atomic mass is 10.2. The van der Waals surface area contributed by atoms with Gasteiger partial charge in [-0.15, -0.1) is 0 Å². The van der Waals surface area contributed by atoms with Gasteiger partial charge < -0.3 is 4.74 Å².